The summed E-state index contributed by atoms with van der Waals surface area (Å²) in [6.07, 6.45) is 12.6. The first kappa shape index (κ1) is 15.0. The second-order valence-electron chi connectivity index (χ2n) is 4.88. The van der Waals surface area contributed by atoms with E-state index >= 15 is 0 Å². The van der Waals surface area contributed by atoms with E-state index in [1.54, 1.807) is 5.92 Å². The Balaban J connectivity index is 3.33. The maximum atomic E-state index is 2.36. The Morgan fingerprint density at radius 3 is 1.87 bits per heavy atom. The molecule has 0 nitrogen and oxygen atoms in total. The summed E-state index contributed by atoms with van der Waals surface area (Å²) < 4.78 is 0. The lowest BCUT2D eigenvalue weighted by Crippen LogP contribution is -2.07. The minimum absolute atomic E-state index is 0.889. The molecule has 0 aliphatic carbocycles. The zero-order chi connectivity index (χ0) is 11.5. The number of hydrogen-bond donors (Lipinski definition) is 0. The zero-order valence-corrected chi connectivity index (χ0v) is 11.4. The Morgan fingerprint density at radius 2 is 1.33 bits per heavy atom. The Morgan fingerprint density at radius 1 is 0.800 bits per heavy atom. The van der Waals surface area contributed by atoms with Gasteiger partial charge >= 0.3 is 0 Å². The van der Waals surface area contributed by atoms with Crippen molar-refractivity contribution >= 4 is 0 Å². The summed E-state index contributed by atoms with van der Waals surface area (Å²) in [5.74, 6) is 2.64. The molecule has 0 aromatic carbocycles. The fourth-order valence-electron chi connectivity index (χ4n) is 2.37. The van der Waals surface area contributed by atoms with E-state index in [9.17, 15) is 0 Å². The van der Waals surface area contributed by atoms with E-state index in [4.69, 9.17) is 0 Å². The molecule has 0 aromatic rings. The molecule has 0 atom stereocenters. The molecule has 0 fully saturated rings. The van der Waals surface area contributed by atoms with Crippen molar-refractivity contribution in [3.8, 4) is 0 Å². The van der Waals surface area contributed by atoms with Gasteiger partial charge in [-0.3, -0.25) is 0 Å². The van der Waals surface area contributed by atoms with Crippen LogP contribution in [0.5, 0.6) is 0 Å². The van der Waals surface area contributed by atoms with Crippen molar-refractivity contribution in [2.45, 2.75) is 85.5 Å². The van der Waals surface area contributed by atoms with Gasteiger partial charge in [0.1, 0.15) is 0 Å². The molecule has 0 unspecified atom stereocenters. The molecule has 0 aliphatic rings. The predicted octanol–water partition coefficient (Wildman–Crippen LogP) is 5.77. The fraction of sp³-hybridized carbons (Fsp3) is 0.933. The molecule has 0 N–H and O–H groups in total. The molecule has 0 bridgehead atoms. The third kappa shape index (κ3) is 7.88. The van der Waals surface area contributed by atoms with Gasteiger partial charge in [0.05, 0.1) is 0 Å². The minimum atomic E-state index is 0.889. The highest BCUT2D eigenvalue weighted by molar-refractivity contribution is 4.90. The average molecular weight is 211 g/mol. The van der Waals surface area contributed by atoms with Crippen molar-refractivity contribution in [3.63, 3.8) is 0 Å². The van der Waals surface area contributed by atoms with Gasteiger partial charge in [-0.1, -0.05) is 79.1 Å². The summed E-state index contributed by atoms with van der Waals surface area (Å²) in [6, 6.07) is 0. The van der Waals surface area contributed by atoms with Crippen molar-refractivity contribution in [3.05, 3.63) is 5.92 Å². The lowest BCUT2D eigenvalue weighted by molar-refractivity contribution is 0.466. The van der Waals surface area contributed by atoms with Crippen LogP contribution in [0.3, 0.4) is 0 Å². The monoisotopic (exact) mass is 211 g/mol. The molecular formula is C15H31. The normalized spacial score (nSPS) is 11.6. The summed E-state index contributed by atoms with van der Waals surface area (Å²) in [5, 5.41) is 0. The smallest absolute Gasteiger partial charge is 0.0241 e. The molecule has 0 heteroatoms. The first-order chi connectivity index (χ1) is 7.26. The van der Waals surface area contributed by atoms with Crippen LogP contribution >= 0.6 is 0 Å². The van der Waals surface area contributed by atoms with Gasteiger partial charge in [-0.15, -0.1) is 0 Å². The van der Waals surface area contributed by atoms with Crippen LogP contribution in [0.15, 0.2) is 0 Å². The van der Waals surface area contributed by atoms with Crippen LogP contribution in [0.1, 0.15) is 85.5 Å². The summed E-state index contributed by atoms with van der Waals surface area (Å²) >= 11 is 0. The van der Waals surface area contributed by atoms with E-state index in [0.29, 0.717) is 0 Å². The molecule has 0 amide bonds. The first-order valence-corrected chi connectivity index (χ1v) is 7.08. The highest BCUT2D eigenvalue weighted by atomic mass is 14.2. The zero-order valence-electron chi connectivity index (χ0n) is 11.4. The van der Waals surface area contributed by atoms with Crippen LogP contribution in [0.4, 0.5) is 0 Å². The predicted molar refractivity (Wildman–Crippen MR) is 71.0 cm³/mol. The highest BCUT2D eigenvalue weighted by Crippen LogP contribution is 2.26. The number of hydrogen-bond acceptors (Lipinski definition) is 0. The van der Waals surface area contributed by atoms with E-state index in [2.05, 4.69) is 27.7 Å². The number of rotatable bonds is 10. The molecule has 0 saturated carbocycles. The molecule has 0 rings (SSSR count). The maximum absolute atomic E-state index is 2.36. The van der Waals surface area contributed by atoms with Crippen molar-refractivity contribution in [2.24, 2.45) is 5.92 Å². The standard InChI is InChI=1S/C15H31/c1-5-8-9-10-11-12-13-14(4)15(6-2)7-3/h15H,5-13H2,1-4H3. The quantitative estimate of drug-likeness (QED) is 0.402. The lowest BCUT2D eigenvalue weighted by atomic mass is 9.85. The van der Waals surface area contributed by atoms with E-state index in [0.717, 1.165) is 5.92 Å². The van der Waals surface area contributed by atoms with Gasteiger partial charge in [-0.05, 0) is 18.3 Å². The topological polar surface area (TPSA) is 0 Å². The van der Waals surface area contributed by atoms with Crippen molar-refractivity contribution in [2.75, 3.05) is 0 Å². The van der Waals surface area contributed by atoms with Gasteiger partial charge in [-0.2, -0.15) is 0 Å². The molecular weight excluding hydrogens is 180 g/mol. The third-order valence-electron chi connectivity index (χ3n) is 3.61. The summed E-state index contributed by atoms with van der Waals surface area (Å²) in [5.41, 5.74) is 0. The second-order valence-corrected chi connectivity index (χ2v) is 4.88. The molecule has 0 spiro atoms. The first-order valence-electron chi connectivity index (χ1n) is 7.08. The summed E-state index contributed by atoms with van der Waals surface area (Å²) in [4.78, 5) is 0. The van der Waals surface area contributed by atoms with E-state index in [-0.39, 0.29) is 0 Å². The largest absolute Gasteiger partial charge is 0.0654 e. The van der Waals surface area contributed by atoms with Crippen LogP contribution in [0.25, 0.3) is 0 Å². The second kappa shape index (κ2) is 10.5. The van der Waals surface area contributed by atoms with Crippen molar-refractivity contribution in [1.29, 1.82) is 0 Å². The van der Waals surface area contributed by atoms with Crippen LogP contribution in [0.2, 0.25) is 0 Å². The number of unbranched alkanes of at least 4 members (excludes halogenated alkanes) is 5. The van der Waals surface area contributed by atoms with Gasteiger partial charge in [0.2, 0.25) is 0 Å². The van der Waals surface area contributed by atoms with Crippen molar-refractivity contribution in [1.82, 2.24) is 0 Å². The van der Waals surface area contributed by atoms with Crippen LogP contribution in [-0.4, -0.2) is 0 Å². The maximum Gasteiger partial charge on any atom is -0.0241 e. The Labute approximate surface area is 97.8 Å². The molecule has 15 heavy (non-hydrogen) atoms. The lowest BCUT2D eigenvalue weighted by Gasteiger charge is -2.20. The van der Waals surface area contributed by atoms with Crippen LogP contribution in [0, 0.1) is 11.8 Å². The summed E-state index contributed by atoms with van der Waals surface area (Å²) in [7, 11) is 0. The third-order valence-corrected chi connectivity index (χ3v) is 3.61. The SMILES string of the molecule is CCCCCCCC[C](C)C(CC)CC. The Bertz CT molecular complexity index is 113. The van der Waals surface area contributed by atoms with Gasteiger partial charge in [-0.25, -0.2) is 0 Å². The van der Waals surface area contributed by atoms with Gasteiger partial charge < -0.3 is 0 Å². The molecule has 91 valence electrons. The highest BCUT2D eigenvalue weighted by Gasteiger charge is 2.12. The van der Waals surface area contributed by atoms with Crippen LogP contribution in [-0.2, 0) is 0 Å². The van der Waals surface area contributed by atoms with Crippen LogP contribution < -0.4 is 0 Å². The fourth-order valence-corrected chi connectivity index (χ4v) is 2.37. The van der Waals surface area contributed by atoms with Gasteiger partial charge in [0, 0.05) is 0 Å². The Hall–Kier alpha value is 0. The summed E-state index contributed by atoms with van der Waals surface area (Å²) in [6.45, 7) is 9.28. The van der Waals surface area contributed by atoms with E-state index < -0.39 is 0 Å². The van der Waals surface area contributed by atoms with Gasteiger partial charge in [0.15, 0.2) is 0 Å². The molecule has 1 radical (unpaired) electrons. The van der Waals surface area contributed by atoms with E-state index in [1.807, 2.05) is 0 Å². The molecule has 0 aromatic heterocycles. The molecule has 0 heterocycles. The van der Waals surface area contributed by atoms with E-state index in [1.165, 1.54) is 57.8 Å². The van der Waals surface area contributed by atoms with Crippen molar-refractivity contribution < 1.29 is 0 Å². The molecule has 0 saturated heterocycles. The Kier molecular flexibility index (Phi) is 10.5. The van der Waals surface area contributed by atoms with Gasteiger partial charge in [0.25, 0.3) is 0 Å². The minimum Gasteiger partial charge on any atom is -0.0654 e. The average Bonchev–Trinajstić information content (AvgIpc) is 2.25. The molecule has 0 aliphatic heterocycles.